The van der Waals surface area contributed by atoms with Gasteiger partial charge in [-0.2, -0.15) is 8.78 Å². The average molecular weight is 273 g/mol. The standard InChI is InChI=1S/C13H14F3NO2/c1-8-3-4-9(14)7-10(8)17-11(18)13(15,16)12(19)5-2-6-12/h3-4,7,19H,2,5-6H2,1H3,(H,17,18). The van der Waals surface area contributed by atoms with Gasteiger partial charge in [-0.25, -0.2) is 4.39 Å². The Morgan fingerprint density at radius 1 is 1.42 bits per heavy atom. The van der Waals surface area contributed by atoms with Gasteiger partial charge in [0, 0.05) is 5.69 Å². The van der Waals surface area contributed by atoms with Crippen LogP contribution < -0.4 is 5.32 Å². The number of carbonyl (C=O) groups excluding carboxylic acids is 1. The van der Waals surface area contributed by atoms with Crippen molar-refractivity contribution >= 4 is 11.6 Å². The minimum Gasteiger partial charge on any atom is -0.383 e. The Bertz CT molecular complexity index is 513. The first kappa shape index (κ1) is 13.9. The first-order valence-corrected chi connectivity index (χ1v) is 5.94. The van der Waals surface area contributed by atoms with Crippen LogP contribution in [0.2, 0.25) is 0 Å². The third-order valence-electron chi connectivity index (χ3n) is 3.50. The van der Waals surface area contributed by atoms with Crippen molar-refractivity contribution < 1.29 is 23.1 Å². The number of hydrogen-bond acceptors (Lipinski definition) is 2. The van der Waals surface area contributed by atoms with Crippen molar-refractivity contribution in [2.45, 2.75) is 37.7 Å². The SMILES string of the molecule is Cc1ccc(F)cc1NC(=O)C(F)(F)C1(O)CCC1. The molecule has 1 saturated carbocycles. The smallest absolute Gasteiger partial charge is 0.352 e. The van der Waals surface area contributed by atoms with Gasteiger partial charge in [-0.3, -0.25) is 4.79 Å². The van der Waals surface area contributed by atoms with E-state index in [0.717, 1.165) is 6.07 Å². The lowest BCUT2D eigenvalue weighted by atomic mass is 9.75. The number of amides is 1. The highest BCUT2D eigenvalue weighted by Gasteiger charge is 2.61. The Morgan fingerprint density at radius 3 is 2.58 bits per heavy atom. The van der Waals surface area contributed by atoms with E-state index in [1.54, 1.807) is 6.92 Å². The molecule has 2 N–H and O–H groups in total. The van der Waals surface area contributed by atoms with E-state index >= 15 is 0 Å². The summed E-state index contributed by atoms with van der Waals surface area (Å²) in [4.78, 5) is 11.6. The van der Waals surface area contributed by atoms with Crippen LogP contribution in [0.1, 0.15) is 24.8 Å². The van der Waals surface area contributed by atoms with Crippen molar-refractivity contribution in [2.24, 2.45) is 0 Å². The second kappa shape index (κ2) is 4.52. The van der Waals surface area contributed by atoms with Crippen molar-refractivity contribution in [3.63, 3.8) is 0 Å². The van der Waals surface area contributed by atoms with Crippen molar-refractivity contribution in [3.8, 4) is 0 Å². The summed E-state index contributed by atoms with van der Waals surface area (Å²) < 4.78 is 40.6. The highest BCUT2D eigenvalue weighted by molar-refractivity contribution is 5.97. The lowest BCUT2D eigenvalue weighted by Gasteiger charge is -2.41. The molecule has 104 valence electrons. The second-order valence-corrected chi connectivity index (χ2v) is 4.87. The predicted octanol–water partition coefficient (Wildman–Crippen LogP) is 2.62. The van der Waals surface area contributed by atoms with Gasteiger partial charge >= 0.3 is 5.92 Å². The zero-order valence-electron chi connectivity index (χ0n) is 10.3. The van der Waals surface area contributed by atoms with E-state index in [1.807, 2.05) is 5.32 Å². The van der Waals surface area contributed by atoms with E-state index in [2.05, 4.69) is 0 Å². The molecule has 0 saturated heterocycles. The number of aliphatic hydroxyl groups is 1. The van der Waals surface area contributed by atoms with E-state index in [9.17, 15) is 23.1 Å². The molecule has 1 aromatic carbocycles. The van der Waals surface area contributed by atoms with Gasteiger partial charge in [0.25, 0.3) is 5.91 Å². The van der Waals surface area contributed by atoms with Gasteiger partial charge in [-0.05, 0) is 43.9 Å². The van der Waals surface area contributed by atoms with E-state index in [1.165, 1.54) is 12.1 Å². The topological polar surface area (TPSA) is 49.3 Å². The molecule has 0 radical (unpaired) electrons. The van der Waals surface area contributed by atoms with Gasteiger partial charge in [0.15, 0.2) is 0 Å². The minimum absolute atomic E-state index is 0.0207. The fourth-order valence-corrected chi connectivity index (χ4v) is 1.97. The van der Waals surface area contributed by atoms with E-state index in [4.69, 9.17) is 0 Å². The van der Waals surface area contributed by atoms with Gasteiger partial charge in [-0.1, -0.05) is 6.07 Å². The minimum atomic E-state index is -3.88. The van der Waals surface area contributed by atoms with Crippen LogP contribution in [0.25, 0.3) is 0 Å². The van der Waals surface area contributed by atoms with Crippen molar-refractivity contribution in [1.82, 2.24) is 0 Å². The number of anilines is 1. The van der Waals surface area contributed by atoms with E-state index in [0.29, 0.717) is 12.0 Å². The van der Waals surface area contributed by atoms with Crippen LogP contribution in [0.15, 0.2) is 18.2 Å². The number of rotatable bonds is 3. The molecule has 0 unspecified atom stereocenters. The van der Waals surface area contributed by atoms with Gasteiger partial charge in [0.2, 0.25) is 0 Å². The molecule has 1 fully saturated rings. The quantitative estimate of drug-likeness (QED) is 0.889. The number of nitrogens with one attached hydrogen (secondary N) is 1. The van der Waals surface area contributed by atoms with Crippen LogP contribution >= 0.6 is 0 Å². The summed E-state index contributed by atoms with van der Waals surface area (Å²) in [6, 6.07) is 3.51. The lowest BCUT2D eigenvalue weighted by Crippen LogP contribution is -2.59. The number of hydrogen-bond donors (Lipinski definition) is 2. The average Bonchev–Trinajstić information content (AvgIpc) is 2.30. The first-order valence-electron chi connectivity index (χ1n) is 5.94. The molecule has 19 heavy (non-hydrogen) atoms. The molecule has 3 nitrogen and oxygen atoms in total. The molecule has 1 aliphatic rings. The lowest BCUT2D eigenvalue weighted by molar-refractivity contribution is -0.212. The van der Waals surface area contributed by atoms with Crippen LogP contribution in [0, 0.1) is 12.7 Å². The fraction of sp³-hybridized carbons (Fsp3) is 0.462. The zero-order chi connectivity index (χ0) is 14.3. The van der Waals surface area contributed by atoms with Crippen LogP contribution in [-0.4, -0.2) is 22.5 Å². The van der Waals surface area contributed by atoms with E-state index < -0.39 is 23.2 Å². The maximum absolute atomic E-state index is 13.8. The molecule has 6 heteroatoms. The predicted molar refractivity (Wildman–Crippen MR) is 63.5 cm³/mol. The highest BCUT2D eigenvalue weighted by atomic mass is 19.3. The van der Waals surface area contributed by atoms with Crippen LogP contribution in [-0.2, 0) is 4.79 Å². The third-order valence-corrected chi connectivity index (χ3v) is 3.50. The normalized spacial score (nSPS) is 17.7. The van der Waals surface area contributed by atoms with Crippen molar-refractivity contribution in [1.29, 1.82) is 0 Å². The van der Waals surface area contributed by atoms with Gasteiger partial charge < -0.3 is 10.4 Å². The summed E-state index contributed by atoms with van der Waals surface area (Å²) in [6.45, 7) is 1.56. The molecule has 1 amide bonds. The molecule has 0 aliphatic heterocycles. The van der Waals surface area contributed by atoms with E-state index in [-0.39, 0.29) is 18.5 Å². The number of alkyl halides is 2. The van der Waals surface area contributed by atoms with Crippen LogP contribution in [0.3, 0.4) is 0 Å². The van der Waals surface area contributed by atoms with Crippen molar-refractivity contribution in [2.75, 3.05) is 5.32 Å². The Kier molecular flexibility index (Phi) is 3.30. The highest BCUT2D eigenvalue weighted by Crippen LogP contribution is 2.44. The largest absolute Gasteiger partial charge is 0.383 e. The molecule has 1 aliphatic carbocycles. The maximum atomic E-state index is 13.8. The molecule has 0 aromatic heterocycles. The summed E-state index contributed by atoms with van der Waals surface area (Å²) in [5.74, 6) is -6.13. The molecule has 0 spiro atoms. The fourth-order valence-electron chi connectivity index (χ4n) is 1.97. The first-order chi connectivity index (χ1) is 8.76. The van der Waals surface area contributed by atoms with Gasteiger partial charge in [-0.15, -0.1) is 0 Å². The molecule has 0 bridgehead atoms. The molecule has 0 atom stereocenters. The molecule has 2 rings (SSSR count). The second-order valence-electron chi connectivity index (χ2n) is 4.87. The van der Waals surface area contributed by atoms with Gasteiger partial charge in [0.1, 0.15) is 11.4 Å². The summed E-state index contributed by atoms with van der Waals surface area (Å²) >= 11 is 0. The number of halogens is 3. The molecular formula is C13H14F3NO2. The Hall–Kier alpha value is -1.56. The Balaban J connectivity index is 2.19. The summed E-state index contributed by atoms with van der Waals surface area (Å²) in [5.41, 5.74) is -1.84. The molecule has 1 aromatic rings. The van der Waals surface area contributed by atoms with Crippen LogP contribution in [0.5, 0.6) is 0 Å². The zero-order valence-corrected chi connectivity index (χ0v) is 10.3. The third kappa shape index (κ3) is 2.32. The molecular weight excluding hydrogens is 259 g/mol. The number of aryl methyl sites for hydroxylation is 1. The Labute approximate surface area is 108 Å². The van der Waals surface area contributed by atoms with Crippen LogP contribution in [0.4, 0.5) is 18.9 Å². The van der Waals surface area contributed by atoms with Crippen molar-refractivity contribution in [3.05, 3.63) is 29.6 Å². The molecule has 0 heterocycles. The summed E-state index contributed by atoms with van der Waals surface area (Å²) in [6.07, 6.45) is 0.226. The summed E-state index contributed by atoms with van der Waals surface area (Å²) in [7, 11) is 0. The summed E-state index contributed by atoms with van der Waals surface area (Å²) in [5, 5.41) is 11.6. The van der Waals surface area contributed by atoms with Gasteiger partial charge in [0.05, 0.1) is 0 Å². The maximum Gasteiger partial charge on any atom is 0.352 e. The Morgan fingerprint density at radius 2 is 2.05 bits per heavy atom. The number of carbonyl (C=O) groups is 1. The number of benzene rings is 1. The monoisotopic (exact) mass is 273 g/mol.